The molecule has 0 spiro atoms. The Labute approximate surface area is 143 Å². The van der Waals surface area contributed by atoms with Gasteiger partial charge in [-0.05, 0) is 18.2 Å². The van der Waals surface area contributed by atoms with Gasteiger partial charge in [-0.1, -0.05) is 0 Å². The van der Waals surface area contributed by atoms with Crippen molar-refractivity contribution in [2.24, 2.45) is 0 Å². The molecule has 7 heteroatoms. The lowest BCUT2D eigenvalue weighted by molar-refractivity contribution is 0.0932. The number of carbonyl (C=O) groups is 1. The third kappa shape index (κ3) is 3.65. The first-order valence-electron chi connectivity index (χ1n) is 7.66. The van der Waals surface area contributed by atoms with Crippen LogP contribution in [0.3, 0.4) is 0 Å². The summed E-state index contributed by atoms with van der Waals surface area (Å²) in [7, 11) is 2.99. The molecule has 2 aromatic rings. The Balaban J connectivity index is 1.65. The lowest BCUT2D eigenvalue weighted by Gasteiger charge is -2.13. The van der Waals surface area contributed by atoms with E-state index >= 15 is 0 Å². The first kappa shape index (κ1) is 17.0. The highest BCUT2D eigenvalue weighted by Crippen LogP contribution is 2.32. The minimum atomic E-state index is -0.735. The van der Waals surface area contributed by atoms with Crippen molar-refractivity contribution in [3.05, 3.63) is 53.1 Å². The van der Waals surface area contributed by atoms with Gasteiger partial charge in [0.25, 0.3) is 5.91 Å². The van der Waals surface area contributed by atoms with Gasteiger partial charge in [0.05, 0.1) is 20.8 Å². The van der Waals surface area contributed by atoms with E-state index in [2.05, 4.69) is 5.32 Å². The SMILES string of the molecule is COc1cc(OC)cc(C(=O)NCC2Cc3cc(F)cc(F)c3O2)c1. The normalized spacial score (nSPS) is 15.3. The number of halogens is 2. The Morgan fingerprint density at radius 1 is 1.16 bits per heavy atom. The number of hydrogen-bond donors (Lipinski definition) is 1. The van der Waals surface area contributed by atoms with Crippen LogP contribution >= 0.6 is 0 Å². The Bertz CT molecular complexity index is 788. The smallest absolute Gasteiger partial charge is 0.251 e. The molecule has 2 aromatic carbocycles. The molecule has 0 aromatic heterocycles. The number of benzene rings is 2. The van der Waals surface area contributed by atoms with Gasteiger partial charge < -0.3 is 19.5 Å². The lowest BCUT2D eigenvalue weighted by Crippen LogP contribution is -2.34. The van der Waals surface area contributed by atoms with E-state index in [0.717, 1.165) is 6.07 Å². The third-order valence-corrected chi connectivity index (χ3v) is 3.92. The average molecular weight is 349 g/mol. The summed E-state index contributed by atoms with van der Waals surface area (Å²) in [4.78, 5) is 12.3. The van der Waals surface area contributed by atoms with Crippen molar-refractivity contribution in [3.63, 3.8) is 0 Å². The summed E-state index contributed by atoms with van der Waals surface area (Å²) in [6, 6.07) is 6.84. The average Bonchev–Trinajstić information content (AvgIpc) is 3.02. The molecule has 1 heterocycles. The van der Waals surface area contributed by atoms with Crippen LogP contribution in [0, 0.1) is 11.6 Å². The van der Waals surface area contributed by atoms with Gasteiger partial charge in [0, 0.05) is 29.7 Å². The molecule has 0 aliphatic carbocycles. The van der Waals surface area contributed by atoms with Gasteiger partial charge in [-0.3, -0.25) is 4.79 Å². The number of fused-ring (bicyclic) bond motifs is 1. The zero-order chi connectivity index (χ0) is 18.0. The fourth-order valence-corrected chi connectivity index (χ4v) is 2.71. The van der Waals surface area contributed by atoms with Crippen LogP contribution in [-0.4, -0.2) is 32.8 Å². The molecule has 1 aliphatic rings. The minimum absolute atomic E-state index is 0.0451. The van der Waals surface area contributed by atoms with E-state index in [1.54, 1.807) is 18.2 Å². The fraction of sp³-hybridized carbons (Fsp3) is 0.278. The molecule has 0 bridgehead atoms. The van der Waals surface area contributed by atoms with E-state index in [4.69, 9.17) is 14.2 Å². The van der Waals surface area contributed by atoms with E-state index in [9.17, 15) is 13.6 Å². The van der Waals surface area contributed by atoms with Gasteiger partial charge in [0.1, 0.15) is 23.4 Å². The molecule has 0 saturated heterocycles. The van der Waals surface area contributed by atoms with Gasteiger partial charge in [0.2, 0.25) is 0 Å². The number of rotatable bonds is 5. The summed E-state index contributed by atoms with van der Waals surface area (Å²) in [6.45, 7) is 0.161. The second kappa shape index (κ2) is 6.96. The standard InChI is InChI=1S/C18H17F2NO4/c1-23-13-5-11(6-14(8-13)24-2)18(22)21-9-15-4-10-3-12(19)7-16(20)17(10)25-15/h3,5-8,15H,4,9H2,1-2H3,(H,21,22). The predicted molar refractivity (Wildman–Crippen MR) is 86.4 cm³/mol. The summed E-state index contributed by atoms with van der Waals surface area (Å²) in [5.74, 6) is -0.695. The number of amides is 1. The molecule has 5 nitrogen and oxygen atoms in total. The number of hydrogen-bond acceptors (Lipinski definition) is 4. The van der Waals surface area contributed by atoms with Gasteiger partial charge in [-0.2, -0.15) is 0 Å². The Hall–Kier alpha value is -2.83. The highest BCUT2D eigenvalue weighted by Gasteiger charge is 2.27. The second-order valence-corrected chi connectivity index (χ2v) is 5.63. The molecule has 0 radical (unpaired) electrons. The van der Waals surface area contributed by atoms with E-state index in [0.29, 0.717) is 29.0 Å². The van der Waals surface area contributed by atoms with Gasteiger partial charge >= 0.3 is 0 Å². The molecule has 1 N–H and O–H groups in total. The maximum Gasteiger partial charge on any atom is 0.251 e. The fourth-order valence-electron chi connectivity index (χ4n) is 2.71. The van der Waals surface area contributed by atoms with E-state index < -0.39 is 17.7 Å². The molecule has 1 amide bonds. The summed E-state index contributed by atoms with van der Waals surface area (Å²) < 4.78 is 42.6. The topological polar surface area (TPSA) is 56.8 Å². The first-order valence-corrected chi connectivity index (χ1v) is 7.66. The van der Waals surface area contributed by atoms with Crippen LogP contribution in [0.2, 0.25) is 0 Å². The quantitative estimate of drug-likeness (QED) is 0.902. The van der Waals surface area contributed by atoms with E-state index in [-0.39, 0.29) is 18.2 Å². The van der Waals surface area contributed by atoms with Crippen LogP contribution in [0.15, 0.2) is 30.3 Å². The Kier molecular flexibility index (Phi) is 4.74. The highest BCUT2D eigenvalue weighted by molar-refractivity contribution is 5.95. The van der Waals surface area contributed by atoms with Crippen LogP contribution in [0.4, 0.5) is 8.78 Å². The largest absolute Gasteiger partial charge is 0.497 e. The molecule has 3 rings (SSSR count). The maximum absolute atomic E-state index is 13.7. The van der Waals surface area contributed by atoms with Crippen LogP contribution in [-0.2, 0) is 6.42 Å². The maximum atomic E-state index is 13.7. The zero-order valence-corrected chi connectivity index (χ0v) is 13.8. The Morgan fingerprint density at radius 3 is 2.48 bits per heavy atom. The van der Waals surface area contributed by atoms with Gasteiger partial charge in [-0.25, -0.2) is 8.78 Å². The predicted octanol–water partition coefficient (Wildman–Crippen LogP) is 2.72. The van der Waals surface area contributed by atoms with Crippen LogP contribution in [0.25, 0.3) is 0 Å². The van der Waals surface area contributed by atoms with Gasteiger partial charge in [-0.15, -0.1) is 0 Å². The number of carbonyl (C=O) groups excluding carboxylic acids is 1. The summed E-state index contributed by atoms with van der Waals surface area (Å²) in [5, 5.41) is 2.72. The van der Waals surface area contributed by atoms with Crippen molar-refractivity contribution in [1.82, 2.24) is 5.32 Å². The third-order valence-electron chi connectivity index (χ3n) is 3.92. The summed E-state index contributed by atoms with van der Waals surface area (Å²) in [5.41, 5.74) is 0.823. The molecule has 132 valence electrons. The highest BCUT2D eigenvalue weighted by atomic mass is 19.1. The molecule has 0 fully saturated rings. The van der Waals surface area contributed by atoms with Gasteiger partial charge in [0.15, 0.2) is 11.6 Å². The van der Waals surface area contributed by atoms with Crippen molar-refractivity contribution in [2.45, 2.75) is 12.5 Å². The van der Waals surface area contributed by atoms with E-state index in [1.165, 1.54) is 20.3 Å². The number of ether oxygens (including phenoxy) is 3. The van der Waals surface area contributed by atoms with Crippen molar-refractivity contribution < 1.29 is 27.8 Å². The molecular formula is C18H17F2NO4. The van der Waals surface area contributed by atoms with Crippen LogP contribution in [0.5, 0.6) is 17.2 Å². The summed E-state index contributed by atoms with van der Waals surface area (Å²) >= 11 is 0. The van der Waals surface area contributed by atoms with Crippen molar-refractivity contribution >= 4 is 5.91 Å². The second-order valence-electron chi connectivity index (χ2n) is 5.63. The molecule has 1 atom stereocenters. The van der Waals surface area contributed by atoms with Crippen molar-refractivity contribution in [3.8, 4) is 17.2 Å². The number of nitrogens with one attached hydrogen (secondary N) is 1. The van der Waals surface area contributed by atoms with Crippen LogP contribution < -0.4 is 19.5 Å². The molecule has 1 unspecified atom stereocenters. The molecule has 1 aliphatic heterocycles. The Morgan fingerprint density at radius 2 is 1.84 bits per heavy atom. The molecule has 25 heavy (non-hydrogen) atoms. The van der Waals surface area contributed by atoms with Crippen molar-refractivity contribution in [1.29, 1.82) is 0 Å². The zero-order valence-electron chi connectivity index (χ0n) is 13.8. The number of methoxy groups -OCH3 is 2. The lowest BCUT2D eigenvalue weighted by atomic mass is 10.1. The summed E-state index contributed by atoms with van der Waals surface area (Å²) in [6.07, 6.45) is -0.131. The van der Waals surface area contributed by atoms with Crippen LogP contribution in [0.1, 0.15) is 15.9 Å². The van der Waals surface area contributed by atoms with E-state index in [1.807, 2.05) is 0 Å². The monoisotopic (exact) mass is 349 g/mol. The van der Waals surface area contributed by atoms with Crippen molar-refractivity contribution in [2.75, 3.05) is 20.8 Å². The minimum Gasteiger partial charge on any atom is -0.497 e. The first-order chi connectivity index (χ1) is 12.0. The molecule has 0 saturated carbocycles. The molecular weight excluding hydrogens is 332 g/mol.